The van der Waals surface area contributed by atoms with Crippen molar-refractivity contribution in [2.75, 3.05) is 26.4 Å². The first-order chi connectivity index (χ1) is 6.22. The van der Waals surface area contributed by atoms with Gasteiger partial charge in [0, 0.05) is 0 Å². The third-order valence-electron chi connectivity index (χ3n) is 1.85. The van der Waals surface area contributed by atoms with Gasteiger partial charge in [-0.1, -0.05) is 0 Å². The van der Waals surface area contributed by atoms with E-state index >= 15 is 0 Å². The van der Waals surface area contributed by atoms with Gasteiger partial charge in [0.05, 0.1) is 32.5 Å². The van der Waals surface area contributed by atoms with Gasteiger partial charge in [-0.15, -0.1) is 0 Å². The standard InChI is InChI=1S/C9H18O4/c1-7(2)11-5-9-6-12-8(3-10)4-13-9/h7-10H,3-6H2,1-2H3. The van der Waals surface area contributed by atoms with E-state index in [0.29, 0.717) is 19.8 Å². The van der Waals surface area contributed by atoms with Gasteiger partial charge in [-0.2, -0.15) is 0 Å². The van der Waals surface area contributed by atoms with Crippen LogP contribution in [0.15, 0.2) is 0 Å². The summed E-state index contributed by atoms with van der Waals surface area (Å²) in [7, 11) is 0. The van der Waals surface area contributed by atoms with E-state index in [1.807, 2.05) is 13.8 Å². The molecule has 2 unspecified atom stereocenters. The quantitative estimate of drug-likeness (QED) is 0.687. The van der Waals surface area contributed by atoms with Crippen LogP contribution in [-0.2, 0) is 14.2 Å². The summed E-state index contributed by atoms with van der Waals surface area (Å²) in [6.07, 6.45) is 0.0830. The molecule has 2 atom stereocenters. The summed E-state index contributed by atoms with van der Waals surface area (Å²) in [6, 6.07) is 0. The first kappa shape index (κ1) is 10.9. The predicted octanol–water partition coefficient (Wildman–Crippen LogP) is 0.188. The average Bonchev–Trinajstić information content (AvgIpc) is 2.15. The van der Waals surface area contributed by atoms with Gasteiger partial charge in [-0.25, -0.2) is 0 Å². The first-order valence-electron chi connectivity index (χ1n) is 4.68. The van der Waals surface area contributed by atoms with Crippen LogP contribution in [0.1, 0.15) is 13.8 Å². The van der Waals surface area contributed by atoms with E-state index < -0.39 is 0 Å². The molecule has 0 bridgehead atoms. The lowest BCUT2D eigenvalue weighted by molar-refractivity contribution is -0.164. The monoisotopic (exact) mass is 190 g/mol. The van der Waals surface area contributed by atoms with Gasteiger partial charge in [0.15, 0.2) is 0 Å². The number of aliphatic hydroxyl groups is 1. The molecule has 1 saturated heterocycles. The SMILES string of the molecule is CC(C)OCC1COC(CO)CO1. The molecule has 4 heteroatoms. The Morgan fingerprint density at radius 3 is 2.38 bits per heavy atom. The van der Waals surface area contributed by atoms with Crippen molar-refractivity contribution in [3.8, 4) is 0 Å². The minimum absolute atomic E-state index is 0.0187. The van der Waals surface area contributed by atoms with Crippen LogP contribution in [0.4, 0.5) is 0 Å². The number of aliphatic hydroxyl groups excluding tert-OH is 1. The second kappa shape index (κ2) is 5.54. The zero-order valence-electron chi connectivity index (χ0n) is 8.23. The summed E-state index contributed by atoms with van der Waals surface area (Å²) in [5, 5.41) is 8.76. The third kappa shape index (κ3) is 4.04. The Labute approximate surface area is 78.8 Å². The average molecular weight is 190 g/mol. The highest BCUT2D eigenvalue weighted by Gasteiger charge is 2.21. The second-order valence-corrected chi connectivity index (χ2v) is 3.48. The smallest absolute Gasteiger partial charge is 0.104 e. The molecule has 1 rings (SSSR count). The van der Waals surface area contributed by atoms with Crippen molar-refractivity contribution in [2.45, 2.75) is 32.2 Å². The maximum atomic E-state index is 8.76. The van der Waals surface area contributed by atoms with Gasteiger partial charge in [0.2, 0.25) is 0 Å². The van der Waals surface area contributed by atoms with Crippen molar-refractivity contribution in [3.63, 3.8) is 0 Å². The third-order valence-corrected chi connectivity index (χ3v) is 1.85. The van der Waals surface area contributed by atoms with Crippen LogP contribution in [0.5, 0.6) is 0 Å². The molecular formula is C9H18O4. The summed E-state index contributed by atoms with van der Waals surface area (Å²) in [6.45, 7) is 5.54. The van der Waals surface area contributed by atoms with Crippen molar-refractivity contribution in [1.29, 1.82) is 0 Å². The summed E-state index contributed by atoms with van der Waals surface area (Å²) >= 11 is 0. The fraction of sp³-hybridized carbons (Fsp3) is 1.00. The van der Waals surface area contributed by atoms with Crippen LogP contribution >= 0.6 is 0 Å². The number of hydrogen-bond donors (Lipinski definition) is 1. The van der Waals surface area contributed by atoms with E-state index in [2.05, 4.69) is 0 Å². The highest BCUT2D eigenvalue weighted by atomic mass is 16.6. The molecule has 1 aliphatic heterocycles. The maximum absolute atomic E-state index is 8.76. The van der Waals surface area contributed by atoms with Crippen LogP contribution in [0.25, 0.3) is 0 Å². The number of ether oxygens (including phenoxy) is 3. The van der Waals surface area contributed by atoms with Crippen LogP contribution in [-0.4, -0.2) is 49.8 Å². The van der Waals surface area contributed by atoms with E-state index in [1.165, 1.54) is 0 Å². The molecule has 0 amide bonds. The minimum Gasteiger partial charge on any atom is -0.394 e. The summed E-state index contributed by atoms with van der Waals surface area (Å²) in [5.74, 6) is 0. The highest BCUT2D eigenvalue weighted by Crippen LogP contribution is 2.07. The molecule has 4 nitrogen and oxygen atoms in total. The fourth-order valence-corrected chi connectivity index (χ4v) is 1.08. The van der Waals surface area contributed by atoms with Crippen molar-refractivity contribution >= 4 is 0 Å². The minimum atomic E-state index is -0.157. The fourth-order valence-electron chi connectivity index (χ4n) is 1.08. The van der Waals surface area contributed by atoms with Crippen molar-refractivity contribution in [1.82, 2.24) is 0 Å². The van der Waals surface area contributed by atoms with Gasteiger partial charge >= 0.3 is 0 Å². The lowest BCUT2D eigenvalue weighted by Gasteiger charge is -2.28. The van der Waals surface area contributed by atoms with E-state index in [4.69, 9.17) is 19.3 Å². The molecule has 1 heterocycles. The van der Waals surface area contributed by atoms with Crippen LogP contribution in [0.2, 0.25) is 0 Å². The lowest BCUT2D eigenvalue weighted by atomic mass is 10.3. The summed E-state index contributed by atoms with van der Waals surface area (Å²) in [5.41, 5.74) is 0. The molecule has 0 aromatic heterocycles. The van der Waals surface area contributed by atoms with E-state index in [1.54, 1.807) is 0 Å². The van der Waals surface area contributed by atoms with Crippen molar-refractivity contribution in [3.05, 3.63) is 0 Å². The zero-order valence-corrected chi connectivity index (χ0v) is 8.23. The van der Waals surface area contributed by atoms with Gasteiger partial charge in [0.1, 0.15) is 12.2 Å². The van der Waals surface area contributed by atoms with E-state index in [-0.39, 0.29) is 24.9 Å². The number of hydrogen-bond acceptors (Lipinski definition) is 4. The molecule has 1 aliphatic rings. The van der Waals surface area contributed by atoms with Crippen LogP contribution < -0.4 is 0 Å². The Morgan fingerprint density at radius 2 is 1.92 bits per heavy atom. The highest BCUT2D eigenvalue weighted by molar-refractivity contribution is 4.66. The molecule has 0 radical (unpaired) electrons. The molecule has 0 aromatic rings. The topological polar surface area (TPSA) is 47.9 Å². The predicted molar refractivity (Wildman–Crippen MR) is 47.7 cm³/mol. The summed E-state index contributed by atoms with van der Waals surface area (Å²) < 4.78 is 16.1. The normalized spacial score (nSPS) is 29.5. The van der Waals surface area contributed by atoms with Gasteiger partial charge < -0.3 is 19.3 Å². The molecule has 1 fully saturated rings. The largest absolute Gasteiger partial charge is 0.394 e. The molecule has 0 aromatic carbocycles. The molecular weight excluding hydrogens is 172 g/mol. The Kier molecular flexibility index (Phi) is 4.66. The van der Waals surface area contributed by atoms with E-state index in [9.17, 15) is 0 Å². The Balaban J connectivity index is 2.10. The maximum Gasteiger partial charge on any atom is 0.104 e. The number of rotatable bonds is 4. The molecule has 78 valence electrons. The van der Waals surface area contributed by atoms with Gasteiger partial charge in [-0.05, 0) is 13.8 Å². The van der Waals surface area contributed by atoms with Crippen LogP contribution in [0.3, 0.4) is 0 Å². The summed E-state index contributed by atoms with van der Waals surface area (Å²) in [4.78, 5) is 0. The molecule has 0 aliphatic carbocycles. The van der Waals surface area contributed by atoms with Crippen molar-refractivity contribution in [2.24, 2.45) is 0 Å². The zero-order chi connectivity index (χ0) is 9.68. The second-order valence-electron chi connectivity index (χ2n) is 3.48. The molecule has 0 saturated carbocycles. The Hall–Kier alpha value is -0.160. The molecule has 13 heavy (non-hydrogen) atoms. The molecule has 1 N–H and O–H groups in total. The van der Waals surface area contributed by atoms with Gasteiger partial charge in [0.25, 0.3) is 0 Å². The molecule has 0 spiro atoms. The Bertz CT molecular complexity index is 130. The van der Waals surface area contributed by atoms with Crippen LogP contribution in [0, 0.1) is 0 Å². The van der Waals surface area contributed by atoms with Crippen molar-refractivity contribution < 1.29 is 19.3 Å². The first-order valence-corrected chi connectivity index (χ1v) is 4.68. The van der Waals surface area contributed by atoms with Gasteiger partial charge in [-0.3, -0.25) is 0 Å². The van der Waals surface area contributed by atoms with E-state index in [0.717, 1.165) is 0 Å². The Morgan fingerprint density at radius 1 is 1.31 bits per heavy atom. The lowest BCUT2D eigenvalue weighted by Crippen LogP contribution is -2.40.